The summed E-state index contributed by atoms with van der Waals surface area (Å²) < 4.78 is 5.63. The number of rotatable bonds is 8. The van der Waals surface area contributed by atoms with Gasteiger partial charge in [0.1, 0.15) is 18.2 Å². The van der Waals surface area contributed by atoms with Crippen LogP contribution in [0.25, 0.3) is 11.1 Å². The van der Waals surface area contributed by atoms with Crippen LogP contribution in [0.3, 0.4) is 0 Å². The fourth-order valence-electron chi connectivity index (χ4n) is 5.60. The minimum Gasteiger partial charge on any atom is -0.479 e. The van der Waals surface area contributed by atoms with Gasteiger partial charge in [0.15, 0.2) is 0 Å². The van der Waals surface area contributed by atoms with E-state index >= 15 is 0 Å². The number of amides is 2. The Bertz CT molecular complexity index is 1050. The molecule has 0 radical (unpaired) electrons. The summed E-state index contributed by atoms with van der Waals surface area (Å²) in [6, 6.07) is 15.4. The van der Waals surface area contributed by atoms with E-state index in [1.54, 1.807) is 7.05 Å². The van der Waals surface area contributed by atoms with E-state index in [1.807, 2.05) is 31.2 Å². The molecule has 1 unspecified atom stereocenters. The first-order chi connectivity index (χ1) is 16.9. The number of nitrogens with one attached hydrogen (secondary N) is 1. The number of carboxylic acid groups (broad SMARTS) is 1. The first-order valence-electron chi connectivity index (χ1n) is 12.5. The summed E-state index contributed by atoms with van der Waals surface area (Å²) in [6.07, 6.45) is 3.75. The van der Waals surface area contributed by atoms with E-state index in [-0.39, 0.29) is 18.4 Å². The second-order valence-corrected chi connectivity index (χ2v) is 9.61. The van der Waals surface area contributed by atoms with Crippen LogP contribution in [0.15, 0.2) is 48.5 Å². The van der Waals surface area contributed by atoms with Crippen molar-refractivity contribution in [1.82, 2.24) is 10.2 Å². The molecule has 0 bridgehead atoms. The van der Waals surface area contributed by atoms with E-state index in [0.29, 0.717) is 25.7 Å². The molecule has 2 amide bonds. The molecule has 35 heavy (non-hydrogen) atoms. The minimum absolute atomic E-state index is 0.0753. The van der Waals surface area contributed by atoms with Gasteiger partial charge < -0.3 is 20.1 Å². The molecule has 1 atom stereocenters. The third-order valence-electron chi connectivity index (χ3n) is 7.56. The van der Waals surface area contributed by atoms with Crippen LogP contribution in [0.2, 0.25) is 0 Å². The van der Waals surface area contributed by atoms with Crippen LogP contribution in [0.5, 0.6) is 0 Å². The summed E-state index contributed by atoms with van der Waals surface area (Å²) in [7, 11) is 1.55. The number of likely N-dealkylation sites (N-methyl/N-ethyl adjacent to an activating group) is 1. The maximum absolute atomic E-state index is 13.4. The van der Waals surface area contributed by atoms with Crippen LogP contribution >= 0.6 is 0 Å². The van der Waals surface area contributed by atoms with Crippen LogP contribution in [0.4, 0.5) is 4.79 Å². The normalized spacial score (nSPS) is 17.1. The monoisotopic (exact) mass is 478 g/mol. The third kappa shape index (κ3) is 4.77. The summed E-state index contributed by atoms with van der Waals surface area (Å²) in [5, 5.41) is 12.7. The minimum atomic E-state index is -1.22. The molecule has 0 saturated heterocycles. The highest BCUT2D eigenvalue weighted by molar-refractivity contribution is 5.91. The molecule has 0 aromatic heterocycles. The predicted molar refractivity (Wildman–Crippen MR) is 133 cm³/mol. The van der Waals surface area contributed by atoms with Crippen molar-refractivity contribution >= 4 is 18.0 Å². The molecular weight excluding hydrogens is 444 g/mol. The van der Waals surface area contributed by atoms with Crippen molar-refractivity contribution in [1.29, 1.82) is 0 Å². The van der Waals surface area contributed by atoms with E-state index in [1.165, 1.54) is 4.90 Å². The Labute approximate surface area is 206 Å². The zero-order valence-electron chi connectivity index (χ0n) is 20.5. The Hall–Kier alpha value is -3.35. The quantitative estimate of drug-likeness (QED) is 0.560. The average Bonchev–Trinajstić information content (AvgIpc) is 3.20. The summed E-state index contributed by atoms with van der Waals surface area (Å²) in [4.78, 5) is 39.7. The Morgan fingerprint density at radius 1 is 1.03 bits per heavy atom. The summed E-state index contributed by atoms with van der Waals surface area (Å²) in [5.41, 5.74) is 3.30. The van der Waals surface area contributed by atoms with Crippen molar-refractivity contribution in [3.8, 4) is 11.1 Å². The highest BCUT2D eigenvalue weighted by atomic mass is 16.5. The van der Waals surface area contributed by atoms with Gasteiger partial charge in [0.25, 0.3) is 0 Å². The standard InChI is InChI=1S/C28H34N2O5/c1-3-11-24(25(31)30(2)28(26(32)33)16-9-4-10-17-28)29-27(34)35-18-23-21-14-7-5-12-19(21)20-13-6-8-15-22(20)23/h5-8,12-15,23-24H,3-4,9-11,16-18H2,1-2H3,(H,29,34)(H,32,33). The molecule has 0 spiro atoms. The van der Waals surface area contributed by atoms with Crippen molar-refractivity contribution < 1.29 is 24.2 Å². The van der Waals surface area contributed by atoms with E-state index in [4.69, 9.17) is 4.74 Å². The van der Waals surface area contributed by atoms with Crippen molar-refractivity contribution in [3.05, 3.63) is 59.7 Å². The fourth-order valence-corrected chi connectivity index (χ4v) is 5.60. The van der Waals surface area contributed by atoms with E-state index < -0.39 is 23.6 Å². The number of ether oxygens (including phenoxy) is 1. The van der Waals surface area contributed by atoms with Gasteiger partial charge in [0.05, 0.1) is 0 Å². The Balaban J connectivity index is 1.44. The lowest BCUT2D eigenvalue weighted by molar-refractivity contribution is -0.161. The van der Waals surface area contributed by atoms with Gasteiger partial charge in [-0.2, -0.15) is 0 Å². The first-order valence-corrected chi connectivity index (χ1v) is 12.5. The van der Waals surface area contributed by atoms with Gasteiger partial charge in [0, 0.05) is 13.0 Å². The zero-order valence-corrected chi connectivity index (χ0v) is 20.5. The maximum atomic E-state index is 13.4. The number of carboxylic acids is 1. The van der Waals surface area contributed by atoms with E-state index in [0.717, 1.165) is 41.5 Å². The molecule has 1 fully saturated rings. The second-order valence-electron chi connectivity index (χ2n) is 9.61. The van der Waals surface area contributed by atoms with Gasteiger partial charge in [-0.15, -0.1) is 0 Å². The number of fused-ring (bicyclic) bond motifs is 3. The number of hydrogen-bond acceptors (Lipinski definition) is 4. The summed E-state index contributed by atoms with van der Waals surface area (Å²) in [6.45, 7) is 2.08. The predicted octanol–water partition coefficient (Wildman–Crippen LogP) is 4.94. The number of carbonyl (C=O) groups is 3. The SMILES string of the molecule is CCCC(NC(=O)OCC1c2ccccc2-c2ccccc21)C(=O)N(C)C1(C(=O)O)CCCCC1. The molecule has 1 saturated carbocycles. The summed E-state index contributed by atoms with van der Waals surface area (Å²) in [5.74, 6) is -1.44. The lowest BCUT2D eigenvalue weighted by atomic mass is 9.80. The average molecular weight is 479 g/mol. The number of benzene rings is 2. The van der Waals surface area contributed by atoms with Gasteiger partial charge in [-0.05, 0) is 41.5 Å². The smallest absolute Gasteiger partial charge is 0.407 e. The molecule has 2 aliphatic rings. The summed E-state index contributed by atoms with van der Waals surface area (Å²) >= 11 is 0. The van der Waals surface area contributed by atoms with Gasteiger partial charge in [0.2, 0.25) is 5.91 Å². The maximum Gasteiger partial charge on any atom is 0.407 e. The van der Waals surface area contributed by atoms with Gasteiger partial charge >= 0.3 is 12.1 Å². The fraction of sp³-hybridized carbons (Fsp3) is 0.464. The lowest BCUT2D eigenvalue weighted by Crippen LogP contribution is -2.60. The van der Waals surface area contributed by atoms with Crippen molar-refractivity contribution in [2.24, 2.45) is 0 Å². The highest BCUT2D eigenvalue weighted by Crippen LogP contribution is 2.44. The van der Waals surface area contributed by atoms with Gasteiger partial charge in [-0.25, -0.2) is 9.59 Å². The first kappa shape index (κ1) is 24.8. The van der Waals surface area contributed by atoms with Crippen LogP contribution in [-0.4, -0.2) is 53.2 Å². The van der Waals surface area contributed by atoms with Crippen molar-refractivity contribution in [2.45, 2.75) is 69.4 Å². The molecule has 186 valence electrons. The number of alkyl carbamates (subject to hydrolysis) is 1. The second kappa shape index (κ2) is 10.5. The topological polar surface area (TPSA) is 95.9 Å². The van der Waals surface area contributed by atoms with Crippen LogP contribution in [0, 0.1) is 0 Å². The van der Waals surface area contributed by atoms with E-state index in [2.05, 4.69) is 29.6 Å². The molecule has 7 heteroatoms. The molecular formula is C28H34N2O5. The number of carbonyl (C=O) groups excluding carboxylic acids is 2. The van der Waals surface area contributed by atoms with Crippen molar-refractivity contribution in [2.75, 3.05) is 13.7 Å². The Morgan fingerprint density at radius 2 is 1.60 bits per heavy atom. The molecule has 7 nitrogen and oxygen atoms in total. The molecule has 4 rings (SSSR count). The van der Waals surface area contributed by atoms with Gasteiger partial charge in [-0.1, -0.05) is 81.1 Å². The lowest BCUT2D eigenvalue weighted by Gasteiger charge is -2.42. The van der Waals surface area contributed by atoms with E-state index in [9.17, 15) is 19.5 Å². The Kier molecular flexibility index (Phi) is 7.43. The largest absolute Gasteiger partial charge is 0.479 e. The van der Waals surface area contributed by atoms with Crippen LogP contribution < -0.4 is 5.32 Å². The van der Waals surface area contributed by atoms with Crippen LogP contribution in [-0.2, 0) is 14.3 Å². The third-order valence-corrected chi connectivity index (χ3v) is 7.56. The molecule has 0 heterocycles. The highest BCUT2D eigenvalue weighted by Gasteiger charge is 2.46. The molecule has 2 aromatic carbocycles. The number of hydrogen-bond donors (Lipinski definition) is 2. The zero-order chi connectivity index (χ0) is 25.0. The molecule has 2 aliphatic carbocycles. The molecule has 2 aromatic rings. The van der Waals surface area contributed by atoms with Crippen molar-refractivity contribution in [3.63, 3.8) is 0 Å². The molecule has 0 aliphatic heterocycles. The van der Waals surface area contributed by atoms with Gasteiger partial charge in [-0.3, -0.25) is 4.79 Å². The number of nitrogens with zero attached hydrogens (tertiary/aromatic N) is 1. The molecule has 2 N–H and O–H groups in total. The number of aliphatic carboxylic acids is 1. The van der Waals surface area contributed by atoms with Crippen LogP contribution in [0.1, 0.15) is 68.9 Å². The Morgan fingerprint density at radius 3 is 2.14 bits per heavy atom.